The topological polar surface area (TPSA) is 65.8 Å². The number of hydrogen-bond donors (Lipinski definition) is 1. The first-order chi connectivity index (χ1) is 13.1. The van der Waals surface area contributed by atoms with E-state index in [0.717, 1.165) is 49.1 Å². The molecule has 0 fully saturated rings. The lowest BCUT2D eigenvalue weighted by Gasteiger charge is -2.12. The molecule has 0 aliphatic rings. The predicted molar refractivity (Wildman–Crippen MR) is 114 cm³/mol. The number of anilines is 1. The Bertz CT molecular complexity index is 970. The number of thiocyanates is 1. The Morgan fingerprint density at radius 3 is 2.59 bits per heavy atom. The van der Waals surface area contributed by atoms with Crippen LogP contribution in [0.2, 0.25) is 0 Å². The standard InChI is InChI=1S/C20H17N3OS3/c1-13-8-16(27-12-21)9-14(2)19(13)23-18(24)11-26-20-22-17(10-25-20)15-6-4-3-5-7-15/h3-10H,11H2,1-2H3,(H,23,24). The third-order valence-corrected chi connectivity index (χ3v) is 6.40. The largest absolute Gasteiger partial charge is 0.325 e. The molecule has 1 aromatic heterocycles. The van der Waals surface area contributed by atoms with Gasteiger partial charge in [-0.1, -0.05) is 42.1 Å². The SMILES string of the molecule is Cc1cc(SC#N)cc(C)c1NC(=O)CSc1nc(-c2ccccc2)cs1. The van der Waals surface area contributed by atoms with Gasteiger partial charge in [0, 0.05) is 21.5 Å². The highest BCUT2D eigenvalue weighted by molar-refractivity contribution is 8.03. The number of hydrogen-bond acceptors (Lipinski definition) is 6. The number of carbonyl (C=O) groups excluding carboxylic acids is 1. The van der Waals surface area contributed by atoms with Crippen molar-refractivity contribution in [2.24, 2.45) is 0 Å². The van der Waals surface area contributed by atoms with Crippen molar-refractivity contribution in [3.63, 3.8) is 0 Å². The Kier molecular flexibility index (Phi) is 6.56. The third kappa shape index (κ3) is 5.13. The molecule has 0 spiro atoms. The Balaban J connectivity index is 1.61. The first-order valence-electron chi connectivity index (χ1n) is 8.17. The number of benzene rings is 2. The maximum Gasteiger partial charge on any atom is 0.234 e. The Morgan fingerprint density at radius 1 is 1.22 bits per heavy atom. The van der Waals surface area contributed by atoms with Crippen molar-refractivity contribution in [2.45, 2.75) is 23.1 Å². The zero-order chi connectivity index (χ0) is 19.2. The molecule has 0 saturated carbocycles. The summed E-state index contributed by atoms with van der Waals surface area (Å²) in [7, 11) is 0. The minimum absolute atomic E-state index is 0.0663. The molecule has 1 N–H and O–H groups in total. The number of nitrogens with zero attached hydrogens (tertiary/aromatic N) is 2. The summed E-state index contributed by atoms with van der Waals surface area (Å²) in [6.07, 6.45) is 0. The molecule has 7 heteroatoms. The van der Waals surface area contributed by atoms with E-state index >= 15 is 0 Å². The van der Waals surface area contributed by atoms with E-state index in [-0.39, 0.29) is 5.91 Å². The van der Waals surface area contributed by atoms with Crippen molar-refractivity contribution < 1.29 is 4.79 Å². The van der Waals surface area contributed by atoms with Crippen LogP contribution in [0.5, 0.6) is 0 Å². The van der Waals surface area contributed by atoms with Crippen molar-refractivity contribution in [1.29, 1.82) is 5.26 Å². The van der Waals surface area contributed by atoms with Gasteiger partial charge in [-0.2, -0.15) is 5.26 Å². The monoisotopic (exact) mass is 411 g/mol. The fourth-order valence-electron chi connectivity index (χ4n) is 2.60. The van der Waals surface area contributed by atoms with Crippen LogP contribution in [0.3, 0.4) is 0 Å². The highest BCUT2D eigenvalue weighted by atomic mass is 32.2. The molecule has 0 aliphatic carbocycles. The Morgan fingerprint density at radius 2 is 1.93 bits per heavy atom. The van der Waals surface area contributed by atoms with E-state index in [4.69, 9.17) is 5.26 Å². The van der Waals surface area contributed by atoms with Crippen molar-refractivity contribution in [3.8, 4) is 16.7 Å². The van der Waals surface area contributed by atoms with Crippen LogP contribution < -0.4 is 5.32 Å². The number of thioether (sulfide) groups is 2. The summed E-state index contributed by atoms with van der Waals surface area (Å²) in [5.74, 6) is 0.235. The Hall–Kier alpha value is -2.27. The molecule has 0 unspecified atom stereocenters. The van der Waals surface area contributed by atoms with Crippen LogP contribution in [0.1, 0.15) is 11.1 Å². The molecule has 0 aliphatic heterocycles. The molecular weight excluding hydrogens is 394 g/mol. The van der Waals surface area contributed by atoms with Gasteiger partial charge in [0.05, 0.1) is 11.4 Å². The number of thiazole rings is 1. The summed E-state index contributed by atoms with van der Waals surface area (Å²) in [5.41, 5.74) is 4.72. The molecule has 3 aromatic rings. The van der Waals surface area contributed by atoms with Crippen LogP contribution in [0, 0.1) is 24.5 Å². The lowest BCUT2D eigenvalue weighted by Crippen LogP contribution is -2.15. The summed E-state index contributed by atoms with van der Waals surface area (Å²) < 4.78 is 0.873. The van der Waals surface area contributed by atoms with Crippen LogP contribution >= 0.6 is 34.9 Å². The maximum atomic E-state index is 12.4. The summed E-state index contributed by atoms with van der Waals surface area (Å²) in [6.45, 7) is 3.87. The van der Waals surface area contributed by atoms with Crippen LogP contribution in [0.4, 0.5) is 5.69 Å². The van der Waals surface area contributed by atoms with Gasteiger partial charge in [-0.15, -0.1) is 11.3 Å². The second kappa shape index (κ2) is 9.09. The van der Waals surface area contributed by atoms with Gasteiger partial charge < -0.3 is 5.32 Å². The second-order valence-electron chi connectivity index (χ2n) is 5.83. The van der Waals surface area contributed by atoms with Crippen molar-refractivity contribution in [1.82, 2.24) is 4.98 Å². The molecule has 0 saturated heterocycles. The molecular formula is C20H17N3OS3. The number of aromatic nitrogens is 1. The smallest absolute Gasteiger partial charge is 0.234 e. The average molecular weight is 412 g/mol. The quantitative estimate of drug-likeness (QED) is 0.414. The number of nitrogens with one attached hydrogen (secondary N) is 1. The van der Waals surface area contributed by atoms with Gasteiger partial charge in [0.25, 0.3) is 0 Å². The molecule has 2 aromatic carbocycles. The van der Waals surface area contributed by atoms with Gasteiger partial charge in [-0.05, 0) is 48.9 Å². The van der Waals surface area contributed by atoms with Crippen molar-refractivity contribution in [3.05, 3.63) is 59.0 Å². The van der Waals surface area contributed by atoms with Crippen LogP contribution in [0.25, 0.3) is 11.3 Å². The first kappa shape index (κ1) is 19.5. The molecule has 0 bridgehead atoms. The van der Waals surface area contributed by atoms with Gasteiger partial charge in [0.2, 0.25) is 5.91 Å². The van der Waals surface area contributed by atoms with E-state index in [2.05, 4.69) is 15.7 Å². The second-order valence-corrected chi connectivity index (χ2v) is 8.77. The summed E-state index contributed by atoms with van der Waals surface area (Å²) in [6, 6.07) is 13.8. The number of aryl methyl sites for hydroxylation is 2. The van der Waals surface area contributed by atoms with Crippen LogP contribution in [0.15, 0.2) is 57.1 Å². The highest BCUT2D eigenvalue weighted by Crippen LogP contribution is 2.30. The van der Waals surface area contributed by atoms with Gasteiger partial charge in [-0.25, -0.2) is 4.98 Å². The molecule has 1 heterocycles. The highest BCUT2D eigenvalue weighted by Gasteiger charge is 2.12. The minimum Gasteiger partial charge on any atom is -0.325 e. The van der Waals surface area contributed by atoms with E-state index in [1.165, 1.54) is 11.8 Å². The van der Waals surface area contributed by atoms with E-state index in [1.54, 1.807) is 11.3 Å². The summed E-state index contributed by atoms with van der Waals surface area (Å²) in [4.78, 5) is 17.8. The van der Waals surface area contributed by atoms with E-state index in [1.807, 2.05) is 61.7 Å². The zero-order valence-electron chi connectivity index (χ0n) is 14.9. The summed E-state index contributed by atoms with van der Waals surface area (Å²) in [5, 5.41) is 15.9. The normalized spacial score (nSPS) is 10.4. The lowest BCUT2D eigenvalue weighted by atomic mass is 10.1. The summed E-state index contributed by atoms with van der Waals surface area (Å²) >= 11 is 4.10. The van der Waals surface area contributed by atoms with Crippen molar-refractivity contribution >= 4 is 46.5 Å². The fourth-order valence-corrected chi connectivity index (χ4v) is 4.81. The van der Waals surface area contributed by atoms with Crippen LogP contribution in [-0.4, -0.2) is 16.6 Å². The fraction of sp³-hybridized carbons (Fsp3) is 0.150. The molecule has 3 rings (SSSR count). The number of nitriles is 1. The van der Waals surface area contributed by atoms with Crippen LogP contribution in [-0.2, 0) is 4.79 Å². The maximum absolute atomic E-state index is 12.4. The molecule has 4 nitrogen and oxygen atoms in total. The lowest BCUT2D eigenvalue weighted by molar-refractivity contribution is -0.113. The molecule has 0 radical (unpaired) electrons. The average Bonchev–Trinajstić information content (AvgIpc) is 3.13. The zero-order valence-corrected chi connectivity index (χ0v) is 17.3. The van der Waals surface area contributed by atoms with Gasteiger partial charge in [0.15, 0.2) is 4.34 Å². The first-order valence-corrected chi connectivity index (χ1v) is 10.9. The number of rotatable bonds is 6. The van der Waals surface area contributed by atoms with E-state index in [0.29, 0.717) is 5.75 Å². The van der Waals surface area contributed by atoms with Gasteiger partial charge in [0.1, 0.15) is 5.40 Å². The third-order valence-electron chi connectivity index (χ3n) is 3.81. The molecule has 0 atom stereocenters. The predicted octanol–water partition coefficient (Wildman–Crippen LogP) is 5.73. The Labute approximate surface area is 171 Å². The molecule has 136 valence electrons. The van der Waals surface area contributed by atoms with Gasteiger partial charge >= 0.3 is 0 Å². The van der Waals surface area contributed by atoms with E-state index in [9.17, 15) is 4.79 Å². The number of carbonyl (C=O) groups is 1. The number of amides is 1. The molecule has 1 amide bonds. The van der Waals surface area contributed by atoms with Crippen molar-refractivity contribution in [2.75, 3.05) is 11.1 Å². The minimum atomic E-state index is -0.0663. The molecule has 27 heavy (non-hydrogen) atoms. The van der Waals surface area contributed by atoms with Gasteiger partial charge in [-0.3, -0.25) is 4.79 Å². The van der Waals surface area contributed by atoms with E-state index < -0.39 is 0 Å².